The Morgan fingerprint density at radius 3 is 2.29 bits per heavy atom. The SMILES string of the molecule is CCOc1ccccc1OCCN(C)CCC(N)C(C)C. The van der Waals surface area contributed by atoms with Crippen molar-refractivity contribution in [3.8, 4) is 11.5 Å². The second-order valence-electron chi connectivity index (χ2n) is 5.73. The van der Waals surface area contributed by atoms with Crippen LogP contribution in [-0.4, -0.2) is 44.3 Å². The largest absolute Gasteiger partial charge is 0.490 e. The van der Waals surface area contributed by atoms with Gasteiger partial charge in [0.25, 0.3) is 0 Å². The van der Waals surface area contributed by atoms with Crippen LogP contribution in [0.5, 0.6) is 11.5 Å². The van der Waals surface area contributed by atoms with Crippen molar-refractivity contribution in [3.05, 3.63) is 24.3 Å². The van der Waals surface area contributed by atoms with E-state index in [2.05, 4.69) is 25.8 Å². The smallest absolute Gasteiger partial charge is 0.161 e. The van der Waals surface area contributed by atoms with Gasteiger partial charge in [0, 0.05) is 12.6 Å². The van der Waals surface area contributed by atoms with Gasteiger partial charge < -0.3 is 20.1 Å². The molecular formula is C17H30N2O2. The number of likely N-dealkylation sites (N-methyl/N-ethyl adjacent to an activating group) is 1. The molecule has 1 atom stereocenters. The van der Waals surface area contributed by atoms with Gasteiger partial charge in [-0.3, -0.25) is 0 Å². The van der Waals surface area contributed by atoms with Crippen molar-refractivity contribution in [1.82, 2.24) is 4.90 Å². The Morgan fingerprint density at radius 2 is 1.71 bits per heavy atom. The van der Waals surface area contributed by atoms with Crippen LogP contribution >= 0.6 is 0 Å². The number of hydrogen-bond acceptors (Lipinski definition) is 4. The average molecular weight is 294 g/mol. The molecule has 120 valence electrons. The molecule has 0 saturated carbocycles. The minimum atomic E-state index is 0.270. The molecule has 0 aliphatic rings. The van der Waals surface area contributed by atoms with E-state index in [1.54, 1.807) is 0 Å². The second-order valence-corrected chi connectivity index (χ2v) is 5.73. The van der Waals surface area contributed by atoms with Gasteiger partial charge >= 0.3 is 0 Å². The molecule has 0 heterocycles. The first-order valence-electron chi connectivity index (χ1n) is 7.83. The molecular weight excluding hydrogens is 264 g/mol. The van der Waals surface area contributed by atoms with E-state index >= 15 is 0 Å². The van der Waals surface area contributed by atoms with E-state index in [9.17, 15) is 0 Å². The molecule has 0 aromatic heterocycles. The summed E-state index contributed by atoms with van der Waals surface area (Å²) in [6.07, 6.45) is 1.02. The summed E-state index contributed by atoms with van der Waals surface area (Å²) in [6, 6.07) is 8.07. The van der Waals surface area contributed by atoms with Gasteiger partial charge in [-0.1, -0.05) is 26.0 Å². The molecule has 0 aliphatic heterocycles. The lowest BCUT2D eigenvalue weighted by Gasteiger charge is -2.21. The zero-order chi connectivity index (χ0) is 15.7. The van der Waals surface area contributed by atoms with Crippen molar-refractivity contribution in [1.29, 1.82) is 0 Å². The van der Waals surface area contributed by atoms with E-state index in [0.29, 0.717) is 19.1 Å². The lowest BCUT2D eigenvalue weighted by atomic mass is 10.0. The third-order valence-corrected chi connectivity index (χ3v) is 3.58. The van der Waals surface area contributed by atoms with Crippen LogP contribution < -0.4 is 15.2 Å². The molecule has 1 unspecified atom stereocenters. The van der Waals surface area contributed by atoms with Crippen LogP contribution in [0.2, 0.25) is 0 Å². The number of nitrogens with two attached hydrogens (primary N) is 1. The van der Waals surface area contributed by atoms with E-state index < -0.39 is 0 Å². The van der Waals surface area contributed by atoms with E-state index in [-0.39, 0.29) is 6.04 Å². The molecule has 4 heteroatoms. The third-order valence-electron chi connectivity index (χ3n) is 3.58. The maximum atomic E-state index is 6.06. The lowest BCUT2D eigenvalue weighted by molar-refractivity contribution is 0.219. The summed E-state index contributed by atoms with van der Waals surface area (Å²) in [5.41, 5.74) is 6.06. The average Bonchev–Trinajstić information content (AvgIpc) is 2.46. The highest BCUT2D eigenvalue weighted by Gasteiger charge is 2.09. The quantitative estimate of drug-likeness (QED) is 0.721. The highest BCUT2D eigenvalue weighted by Crippen LogP contribution is 2.26. The molecule has 0 radical (unpaired) electrons. The van der Waals surface area contributed by atoms with Crippen LogP contribution in [0.3, 0.4) is 0 Å². The van der Waals surface area contributed by atoms with Crippen molar-refractivity contribution in [2.45, 2.75) is 33.2 Å². The lowest BCUT2D eigenvalue weighted by Crippen LogP contribution is -2.33. The molecule has 0 saturated heterocycles. The first-order valence-corrected chi connectivity index (χ1v) is 7.83. The summed E-state index contributed by atoms with van der Waals surface area (Å²) in [4.78, 5) is 2.26. The Balaban J connectivity index is 2.30. The highest BCUT2D eigenvalue weighted by atomic mass is 16.5. The van der Waals surface area contributed by atoms with Gasteiger partial charge in [-0.25, -0.2) is 0 Å². The van der Waals surface area contributed by atoms with Crippen molar-refractivity contribution in [3.63, 3.8) is 0 Å². The van der Waals surface area contributed by atoms with Crippen LogP contribution in [0.25, 0.3) is 0 Å². The van der Waals surface area contributed by atoms with Crippen molar-refractivity contribution in [2.24, 2.45) is 11.7 Å². The fraction of sp³-hybridized carbons (Fsp3) is 0.647. The van der Waals surface area contributed by atoms with E-state index in [4.69, 9.17) is 15.2 Å². The van der Waals surface area contributed by atoms with Gasteiger partial charge in [-0.2, -0.15) is 0 Å². The maximum absolute atomic E-state index is 6.06. The van der Waals surface area contributed by atoms with Crippen LogP contribution in [0, 0.1) is 5.92 Å². The van der Waals surface area contributed by atoms with E-state index in [1.807, 2.05) is 31.2 Å². The Morgan fingerprint density at radius 1 is 1.10 bits per heavy atom. The Hall–Kier alpha value is -1.26. The highest BCUT2D eigenvalue weighted by molar-refractivity contribution is 5.39. The number of nitrogens with zero attached hydrogens (tertiary/aromatic N) is 1. The number of ether oxygens (including phenoxy) is 2. The van der Waals surface area contributed by atoms with Gasteiger partial charge in [0.2, 0.25) is 0 Å². The van der Waals surface area contributed by atoms with Gasteiger partial charge in [0.15, 0.2) is 11.5 Å². The van der Waals surface area contributed by atoms with Crippen LogP contribution in [0.1, 0.15) is 27.2 Å². The minimum Gasteiger partial charge on any atom is -0.490 e. The molecule has 4 nitrogen and oxygen atoms in total. The predicted molar refractivity (Wildman–Crippen MR) is 88.0 cm³/mol. The molecule has 0 amide bonds. The summed E-state index contributed by atoms with van der Waals surface area (Å²) < 4.78 is 11.4. The zero-order valence-corrected chi connectivity index (χ0v) is 13.8. The number of hydrogen-bond donors (Lipinski definition) is 1. The van der Waals surface area contributed by atoms with E-state index in [1.165, 1.54) is 0 Å². The molecule has 1 aromatic rings. The summed E-state index contributed by atoms with van der Waals surface area (Å²) in [5, 5.41) is 0. The minimum absolute atomic E-state index is 0.270. The Labute approximate surface area is 129 Å². The maximum Gasteiger partial charge on any atom is 0.161 e. The Kier molecular flexibility index (Phi) is 8.16. The van der Waals surface area contributed by atoms with Crippen LogP contribution in [-0.2, 0) is 0 Å². The number of rotatable bonds is 10. The fourth-order valence-corrected chi connectivity index (χ4v) is 1.97. The molecule has 1 rings (SSSR count). The molecule has 21 heavy (non-hydrogen) atoms. The predicted octanol–water partition coefficient (Wildman–Crippen LogP) is 2.77. The monoisotopic (exact) mass is 294 g/mol. The molecule has 0 fully saturated rings. The van der Waals surface area contributed by atoms with Crippen molar-refractivity contribution < 1.29 is 9.47 Å². The standard InChI is InChI=1S/C17H30N2O2/c1-5-20-16-8-6-7-9-17(16)21-13-12-19(4)11-10-15(18)14(2)3/h6-9,14-15H,5,10-13,18H2,1-4H3. The molecule has 0 spiro atoms. The molecule has 1 aromatic carbocycles. The van der Waals surface area contributed by atoms with Gasteiger partial charge in [-0.05, 0) is 45.0 Å². The first kappa shape index (κ1) is 17.8. The van der Waals surface area contributed by atoms with Crippen LogP contribution in [0.4, 0.5) is 0 Å². The Bertz CT molecular complexity index is 396. The van der Waals surface area contributed by atoms with Gasteiger partial charge in [0.05, 0.1) is 6.61 Å². The molecule has 0 aliphatic carbocycles. The second kappa shape index (κ2) is 9.64. The number of benzene rings is 1. The van der Waals surface area contributed by atoms with E-state index in [0.717, 1.165) is 31.0 Å². The zero-order valence-electron chi connectivity index (χ0n) is 13.8. The third kappa shape index (κ3) is 6.82. The molecule has 0 bridgehead atoms. The fourth-order valence-electron chi connectivity index (χ4n) is 1.97. The number of para-hydroxylation sites is 2. The normalized spacial score (nSPS) is 12.7. The van der Waals surface area contributed by atoms with Gasteiger partial charge in [-0.15, -0.1) is 0 Å². The molecule has 2 N–H and O–H groups in total. The first-order chi connectivity index (χ1) is 10.0. The van der Waals surface area contributed by atoms with Crippen LogP contribution in [0.15, 0.2) is 24.3 Å². The van der Waals surface area contributed by atoms with Crippen molar-refractivity contribution in [2.75, 3.05) is 33.4 Å². The summed E-state index contributed by atoms with van der Waals surface area (Å²) >= 11 is 0. The topological polar surface area (TPSA) is 47.7 Å². The summed E-state index contributed by atoms with van der Waals surface area (Å²) in [6.45, 7) is 9.48. The van der Waals surface area contributed by atoms with Gasteiger partial charge in [0.1, 0.15) is 6.61 Å². The summed E-state index contributed by atoms with van der Waals surface area (Å²) in [7, 11) is 2.10. The van der Waals surface area contributed by atoms with Crippen molar-refractivity contribution >= 4 is 0 Å². The summed E-state index contributed by atoms with van der Waals surface area (Å²) in [5.74, 6) is 2.16.